The van der Waals surface area contributed by atoms with Crippen molar-refractivity contribution in [2.24, 2.45) is 0 Å². The second-order valence-electron chi connectivity index (χ2n) is 9.14. The number of benzene rings is 3. The zero-order valence-corrected chi connectivity index (χ0v) is 19.3. The van der Waals surface area contributed by atoms with Crippen molar-refractivity contribution in [3.63, 3.8) is 0 Å². The molecule has 1 heteroatoms. The standard InChI is InChI=1S/C29H37P/c1-2-4-6-17-25-30(26-18-7-5-3-1,27-19-11-8-12-20-27,28-21-13-9-14-22-28)29-23-15-10-16-24-29/h8-16,19-24H,1-7,17-18,25-26H2. The Hall–Kier alpha value is -1.91. The molecule has 4 rings (SSSR count). The van der Waals surface area contributed by atoms with Crippen molar-refractivity contribution in [3.05, 3.63) is 91.0 Å². The van der Waals surface area contributed by atoms with Gasteiger partial charge < -0.3 is 0 Å². The molecule has 0 nitrogen and oxygen atoms in total. The molecule has 0 saturated carbocycles. The third-order valence-corrected chi connectivity index (χ3v) is 14.7. The molecule has 0 N–H and O–H groups in total. The van der Waals surface area contributed by atoms with E-state index in [2.05, 4.69) is 91.0 Å². The van der Waals surface area contributed by atoms with E-state index in [1.807, 2.05) is 0 Å². The van der Waals surface area contributed by atoms with Crippen molar-refractivity contribution in [1.29, 1.82) is 0 Å². The molecule has 0 atom stereocenters. The fraction of sp³-hybridized carbons (Fsp3) is 0.379. The monoisotopic (exact) mass is 416 g/mol. The summed E-state index contributed by atoms with van der Waals surface area (Å²) in [5.41, 5.74) is 0. The summed E-state index contributed by atoms with van der Waals surface area (Å²) in [7, 11) is 0. The molecule has 3 aromatic carbocycles. The van der Waals surface area contributed by atoms with E-state index in [4.69, 9.17) is 0 Å². The zero-order chi connectivity index (χ0) is 20.6. The van der Waals surface area contributed by atoms with Crippen molar-refractivity contribution in [3.8, 4) is 0 Å². The molecule has 1 aliphatic heterocycles. The van der Waals surface area contributed by atoms with Gasteiger partial charge in [-0.3, -0.25) is 0 Å². The number of hydrogen-bond acceptors (Lipinski definition) is 0. The molecule has 0 amide bonds. The summed E-state index contributed by atoms with van der Waals surface area (Å²) in [5, 5.41) is 4.79. The minimum absolute atomic E-state index is 1.31. The predicted octanol–water partition coefficient (Wildman–Crippen LogP) is 7.04. The molecule has 1 aliphatic rings. The van der Waals surface area contributed by atoms with Crippen LogP contribution in [0.1, 0.15) is 57.8 Å². The minimum atomic E-state index is -2.56. The average molecular weight is 417 g/mol. The molecule has 3 aromatic rings. The Balaban J connectivity index is 1.98. The van der Waals surface area contributed by atoms with Crippen LogP contribution in [0.15, 0.2) is 91.0 Å². The van der Waals surface area contributed by atoms with Crippen LogP contribution < -0.4 is 15.9 Å². The van der Waals surface area contributed by atoms with Gasteiger partial charge in [-0.25, -0.2) is 0 Å². The Morgan fingerprint density at radius 2 is 0.600 bits per heavy atom. The maximum atomic E-state index is 2.45. The van der Waals surface area contributed by atoms with Gasteiger partial charge >= 0.3 is 184 Å². The molecule has 0 bridgehead atoms. The summed E-state index contributed by atoms with van der Waals surface area (Å²) in [4.78, 5) is 0. The van der Waals surface area contributed by atoms with E-state index in [1.165, 1.54) is 70.1 Å². The van der Waals surface area contributed by atoms with Gasteiger partial charge in [0.2, 0.25) is 0 Å². The quantitative estimate of drug-likeness (QED) is 0.402. The summed E-state index contributed by atoms with van der Waals surface area (Å²) in [6.45, 7) is -2.56. The predicted molar refractivity (Wildman–Crippen MR) is 136 cm³/mol. The van der Waals surface area contributed by atoms with Crippen LogP contribution in [0, 0.1) is 0 Å². The first-order valence-corrected chi connectivity index (χ1v) is 14.6. The van der Waals surface area contributed by atoms with Crippen LogP contribution in [-0.4, -0.2) is 12.3 Å². The Kier molecular flexibility index (Phi) is 7.06. The Morgan fingerprint density at radius 3 is 0.900 bits per heavy atom. The van der Waals surface area contributed by atoms with Crippen LogP contribution in [-0.2, 0) is 0 Å². The van der Waals surface area contributed by atoms with Gasteiger partial charge in [-0.15, -0.1) is 0 Å². The molecule has 1 fully saturated rings. The Bertz CT molecular complexity index is 770. The molecule has 0 radical (unpaired) electrons. The summed E-state index contributed by atoms with van der Waals surface area (Å²) < 4.78 is 0. The molecule has 30 heavy (non-hydrogen) atoms. The van der Waals surface area contributed by atoms with Gasteiger partial charge in [-0.2, -0.15) is 0 Å². The number of hydrogen-bond donors (Lipinski definition) is 0. The van der Waals surface area contributed by atoms with E-state index in [1.54, 1.807) is 15.9 Å². The van der Waals surface area contributed by atoms with Crippen molar-refractivity contribution >= 4 is 22.5 Å². The van der Waals surface area contributed by atoms with E-state index in [-0.39, 0.29) is 0 Å². The molecule has 1 heterocycles. The van der Waals surface area contributed by atoms with Crippen molar-refractivity contribution in [1.82, 2.24) is 0 Å². The second kappa shape index (κ2) is 9.93. The summed E-state index contributed by atoms with van der Waals surface area (Å²) >= 11 is 0. The molecular formula is C29H37P. The maximum absolute atomic E-state index is 2.56. The van der Waals surface area contributed by atoms with Crippen LogP contribution in [0.25, 0.3) is 0 Å². The van der Waals surface area contributed by atoms with Crippen molar-refractivity contribution < 1.29 is 0 Å². The Morgan fingerprint density at radius 1 is 0.333 bits per heavy atom. The van der Waals surface area contributed by atoms with Gasteiger partial charge in [0.05, 0.1) is 0 Å². The van der Waals surface area contributed by atoms with E-state index in [0.717, 1.165) is 0 Å². The molecule has 0 aliphatic carbocycles. The summed E-state index contributed by atoms with van der Waals surface area (Å²) in [6, 6.07) is 34.9. The molecule has 1 saturated heterocycles. The molecule has 0 spiro atoms. The van der Waals surface area contributed by atoms with Gasteiger partial charge in [0.25, 0.3) is 0 Å². The van der Waals surface area contributed by atoms with Crippen LogP contribution in [0.3, 0.4) is 0 Å². The van der Waals surface area contributed by atoms with Gasteiger partial charge in [-0.05, 0) is 0 Å². The van der Waals surface area contributed by atoms with Gasteiger partial charge in [0.1, 0.15) is 0 Å². The molecule has 0 unspecified atom stereocenters. The summed E-state index contributed by atoms with van der Waals surface area (Å²) in [6.07, 6.45) is 15.1. The second-order valence-corrected chi connectivity index (χ2v) is 14.6. The van der Waals surface area contributed by atoms with Crippen LogP contribution in [0.5, 0.6) is 0 Å². The third-order valence-electron chi connectivity index (χ3n) is 7.44. The van der Waals surface area contributed by atoms with E-state index >= 15 is 0 Å². The molecule has 0 aromatic heterocycles. The van der Waals surface area contributed by atoms with Gasteiger partial charge in [-0.1, -0.05) is 0 Å². The normalized spacial score (nSPS) is 21.3. The van der Waals surface area contributed by atoms with Crippen LogP contribution in [0.2, 0.25) is 0 Å². The van der Waals surface area contributed by atoms with Crippen molar-refractivity contribution in [2.45, 2.75) is 57.8 Å². The SMILES string of the molecule is c1ccc(P2(c3ccccc3)(c3ccccc3)CCCCCCCCCCC2)cc1. The van der Waals surface area contributed by atoms with Gasteiger partial charge in [0.15, 0.2) is 0 Å². The third kappa shape index (κ3) is 4.00. The molecule has 158 valence electrons. The van der Waals surface area contributed by atoms with E-state index in [0.29, 0.717) is 0 Å². The topological polar surface area (TPSA) is 0 Å². The van der Waals surface area contributed by atoms with Crippen molar-refractivity contribution in [2.75, 3.05) is 12.3 Å². The van der Waals surface area contributed by atoms with Crippen LogP contribution >= 0.6 is 6.60 Å². The zero-order valence-electron chi connectivity index (χ0n) is 18.4. The van der Waals surface area contributed by atoms with E-state index in [9.17, 15) is 0 Å². The average Bonchev–Trinajstić information content (AvgIpc) is 2.82. The number of rotatable bonds is 3. The van der Waals surface area contributed by atoms with Gasteiger partial charge in [0, 0.05) is 0 Å². The first kappa shape index (κ1) is 21.3. The first-order valence-electron chi connectivity index (χ1n) is 12.0. The van der Waals surface area contributed by atoms with Crippen LogP contribution in [0.4, 0.5) is 0 Å². The molecular weight excluding hydrogens is 379 g/mol. The Labute approximate surface area is 183 Å². The first-order chi connectivity index (χ1) is 14.9. The fourth-order valence-corrected chi connectivity index (χ4v) is 13.0. The summed E-state index contributed by atoms with van der Waals surface area (Å²) in [5.74, 6) is 0. The fourth-order valence-electron chi connectivity index (χ4n) is 5.86. The van der Waals surface area contributed by atoms with E-state index < -0.39 is 6.60 Å².